The molecule has 1 unspecified atom stereocenters. The van der Waals surface area contributed by atoms with Gasteiger partial charge in [0.25, 0.3) is 5.91 Å². The third-order valence-electron chi connectivity index (χ3n) is 1.43. The van der Waals surface area contributed by atoms with E-state index in [-0.39, 0.29) is 17.6 Å². The van der Waals surface area contributed by atoms with Crippen molar-refractivity contribution in [1.82, 2.24) is 10.6 Å². The number of rotatable bonds is 1. The van der Waals surface area contributed by atoms with Gasteiger partial charge in [0.2, 0.25) is 0 Å². The van der Waals surface area contributed by atoms with Crippen LogP contribution in [0.1, 0.15) is 6.92 Å². The van der Waals surface area contributed by atoms with Crippen LogP contribution in [0.25, 0.3) is 0 Å². The van der Waals surface area contributed by atoms with Crippen molar-refractivity contribution >= 4 is 23.2 Å². The summed E-state index contributed by atoms with van der Waals surface area (Å²) in [6.45, 7) is 1.33. The maximum atomic E-state index is 10.9. The fourth-order valence-electron chi connectivity index (χ4n) is 0.691. The predicted molar refractivity (Wildman–Crippen MR) is 39.4 cm³/mol. The largest absolute Gasteiger partial charge is 0.393 e. The molecule has 3 N–H and O–H groups in total. The summed E-state index contributed by atoms with van der Waals surface area (Å²) in [6, 6.07) is 0. The monoisotopic (exact) mass is 160 g/mol. The number of carbonyl (C=O) groups excluding carboxylic acids is 1. The van der Waals surface area contributed by atoms with E-state index in [4.69, 9.17) is 5.11 Å². The Morgan fingerprint density at radius 1 is 1.80 bits per heavy atom. The first kappa shape index (κ1) is 7.43. The molecule has 1 atom stereocenters. The molecule has 5 heteroatoms. The second-order valence-corrected chi connectivity index (χ2v) is 2.81. The summed E-state index contributed by atoms with van der Waals surface area (Å²) in [5, 5.41) is 14.0. The van der Waals surface area contributed by atoms with Gasteiger partial charge in [-0.3, -0.25) is 4.79 Å². The standard InChI is InChI=1S/C5H8N2O2S/c1-5(2-8)3(9)6-4(10)7-5/h8H,2H2,1H3,(H2,6,7,9,10). The van der Waals surface area contributed by atoms with E-state index in [1.807, 2.05) is 0 Å². The van der Waals surface area contributed by atoms with E-state index in [2.05, 4.69) is 22.9 Å². The topological polar surface area (TPSA) is 61.4 Å². The van der Waals surface area contributed by atoms with Crippen LogP contribution < -0.4 is 10.6 Å². The molecule has 0 aliphatic carbocycles. The van der Waals surface area contributed by atoms with Crippen molar-refractivity contribution in [1.29, 1.82) is 0 Å². The van der Waals surface area contributed by atoms with Gasteiger partial charge in [0.15, 0.2) is 5.11 Å². The van der Waals surface area contributed by atoms with Crippen molar-refractivity contribution in [3.63, 3.8) is 0 Å². The number of nitrogens with one attached hydrogen (secondary N) is 2. The molecule has 0 bridgehead atoms. The van der Waals surface area contributed by atoms with Crippen molar-refractivity contribution in [2.45, 2.75) is 12.5 Å². The summed E-state index contributed by atoms with van der Waals surface area (Å²) in [5.74, 6) is -0.278. The molecule has 1 heterocycles. The molecule has 1 fully saturated rings. The predicted octanol–water partition coefficient (Wildman–Crippen LogP) is -1.26. The van der Waals surface area contributed by atoms with E-state index in [9.17, 15) is 4.79 Å². The highest BCUT2D eigenvalue weighted by Gasteiger charge is 2.39. The van der Waals surface area contributed by atoms with Crippen molar-refractivity contribution in [2.75, 3.05) is 6.61 Å². The Kier molecular flexibility index (Phi) is 1.61. The van der Waals surface area contributed by atoms with Gasteiger partial charge in [0.1, 0.15) is 5.54 Å². The molecular weight excluding hydrogens is 152 g/mol. The van der Waals surface area contributed by atoms with Crippen LogP contribution in [0.2, 0.25) is 0 Å². The number of thiocarbonyl (C=S) groups is 1. The molecule has 0 aromatic heterocycles. The average molecular weight is 160 g/mol. The van der Waals surface area contributed by atoms with Crippen molar-refractivity contribution in [3.8, 4) is 0 Å². The molecule has 0 saturated carbocycles. The van der Waals surface area contributed by atoms with E-state index in [0.717, 1.165) is 0 Å². The third-order valence-corrected chi connectivity index (χ3v) is 1.64. The SMILES string of the molecule is CC1(CO)NC(=S)NC1=O. The molecule has 1 aliphatic rings. The van der Waals surface area contributed by atoms with E-state index >= 15 is 0 Å². The fraction of sp³-hybridized carbons (Fsp3) is 0.600. The average Bonchev–Trinajstić information content (AvgIpc) is 2.09. The van der Waals surface area contributed by atoms with Crippen LogP contribution in [-0.2, 0) is 4.79 Å². The van der Waals surface area contributed by atoms with E-state index < -0.39 is 5.54 Å². The maximum Gasteiger partial charge on any atom is 0.253 e. The summed E-state index contributed by atoms with van der Waals surface area (Å²) in [6.07, 6.45) is 0. The smallest absolute Gasteiger partial charge is 0.253 e. The number of hydrogen-bond donors (Lipinski definition) is 3. The highest BCUT2D eigenvalue weighted by atomic mass is 32.1. The summed E-state index contributed by atoms with van der Waals surface area (Å²) in [7, 11) is 0. The minimum Gasteiger partial charge on any atom is -0.393 e. The Hall–Kier alpha value is -0.680. The van der Waals surface area contributed by atoms with E-state index in [1.54, 1.807) is 6.92 Å². The molecule has 1 amide bonds. The minimum atomic E-state index is -0.920. The normalized spacial score (nSPS) is 31.8. The fourth-order valence-corrected chi connectivity index (χ4v) is 1.01. The molecule has 0 radical (unpaired) electrons. The molecule has 0 aromatic rings. The van der Waals surface area contributed by atoms with Crippen LogP contribution >= 0.6 is 12.2 Å². The van der Waals surface area contributed by atoms with Crippen LogP contribution in [-0.4, -0.2) is 28.3 Å². The molecule has 0 spiro atoms. The zero-order chi connectivity index (χ0) is 7.78. The van der Waals surface area contributed by atoms with E-state index in [0.29, 0.717) is 0 Å². The van der Waals surface area contributed by atoms with Crippen LogP contribution in [0.3, 0.4) is 0 Å². The van der Waals surface area contributed by atoms with Crippen LogP contribution in [0.15, 0.2) is 0 Å². The van der Waals surface area contributed by atoms with E-state index in [1.165, 1.54) is 0 Å². The van der Waals surface area contributed by atoms with Gasteiger partial charge in [-0.05, 0) is 19.1 Å². The molecule has 4 nitrogen and oxygen atoms in total. The highest BCUT2D eigenvalue weighted by molar-refractivity contribution is 7.80. The number of carbonyl (C=O) groups is 1. The molecule has 1 rings (SSSR count). The lowest BCUT2D eigenvalue weighted by molar-refractivity contribution is -0.124. The van der Waals surface area contributed by atoms with Gasteiger partial charge in [-0.2, -0.15) is 0 Å². The Bertz CT molecular complexity index is 194. The third kappa shape index (κ3) is 0.975. The quantitative estimate of drug-likeness (QED) is 0.419. The molecular formula is C5H8N2O2S. The number of amides is 1. The van der Waals surface area contributed by atoms with Gasteiger partial charge in [-0.1, -0.05) is 0 Å². The summed E-state index contributed by atoms with van der Waals surface area (Å²) >= 11 is 4.66. The first-order valence-corrected chi connectivity index (χ1v) is 3.24. The summed E-state index contributed by atoms with van der Waals surface area (Å²) in [4.78, 5) is 10.9. The van der Waals surface area contributed by atoms with Gasteiger partial charge in [-0.25, -0.2) is 0 Å². The number of hydrogen-bond acceptors (Lipinski definition) is 3. The first-order valence-electron chi connectivity index (χ1n) is 2.83. The van der Waals surface area contributed by atoms with Gasteiger partial charge in [0, 0.05) is 0 Å². The van der Waals surface area contributed by atoms with Crippen LogP contribution in [0, 0.1) is 0 Å². The zero-order valence-corrected chi connectivity index (χ0v) is 6.29. The number of aliphatic hydroxyl groups is 1. The minimum absolute atomic E-state index is 0.251. The lowest BCUT2D eigenvalue weighted by Crippen LogP contribution is -2.46. The molecule has 0 aromatic carbocycles. The molecule has 10 heavy (non-hydrogen) atoms. The number of aliphatic hydroxyl groups excluding tert-OH is 1. The van der Waals surface area contributed by atoms with Gasteiger partial charge >= 0.3 is 0 Å². The van der Waals surface area contributed by atoms with Gasteiger partial charge in [-0.15, -0.1) is 0 Å². The summed E-state index contributed by atoms with van der Waals surface area (Å²) < 4.78 is 0. The van der Waals surface area contributed by atoms with Gasteiger partial charge < -0.3 is 15.7 Å². The summed E-state index contributed by atoms with van der Waals surface area (Å²) in [5.41, 5.74) is -0.920. The Labute approximate surface area is 63.6 Å². The molecule has 1 saturated heterocycles. The first-order chi connectivity index (χ1) is 4.58. The Balaban J connectivity index is 2.80. The van der Waals surface area contributed by atoms with Crippen molar-refractivity contribution < 1.29 is 9.90 Å². The Morgan fingerprint density at radius 3 is 2.60 bits per heavy atom. The lowest BCUT2D eigenvalue weighted by Gasteiger charge is -2.16. The zero-order valence-electron chi connectivity index (χ0n) is 5.47. The lowest BCUT2D eigenvalue weighted by atomic mass is 10.1. The van der Waals surface area contributed by atoms with Crippen molar-refractivity contribution in [3.05, 3.63) is 0 Å². The maximum absolute atomic E-state index is 10.9. The van der Waals surface area contributed by atoms with Crippen LogP contribution in [0.5, 0.6) is 0 Å². The second-order valence-electron chi connectivity index (χ2n) is 2.40. The Morgan fingerprint density at radius 2 is 2.40 bits per heavy atom. The van der Waals surface area contributed by atoms with Gasteiger partial charge in [0.05, 0.1) is 6.61 Å². The highest BCUT2D eigenvalue weighted by Crippen LogP contribution is 2.07. The van der Waals surface area contributed by atoms with Crippen LogP contribution in [0.4, 0.5) is 0 Å². The molecule has 1 aliphatic heterocycles. The second kappa shape index (κ2) is 2.17. The molecule has 56 valence electrons. The van der Waals surface area contributed by atoms with Crippen molar-refractivity contribution in [2.24, 2.45) is 0 Å².